The smallest absolute Gasteiger partial charge is 0.133 e. The summed E-state index contributed by atoms with van der Waals surface area (Å²) in [4.78, 5) is 0. The number of benzene rings is 1. The van der Waals surface area contributed by atoms with Gasteiger partial charge in [-0.1, -0.05) is 19.9 Å². The van der Waals surface area contributed by atoms with Crippen molar-refractivity contribution in [3.63, 3.8) is 0 Å². The molecule has 0 spiro atoms. The first-order chi connectivity index (χ1) is 9.88. The van der Waals surface area contributed by atoms with Gasteiger partial charge in [-0.15, -0.1) is 0 Å². The monoisotopic (exact) mass is 297 g/mol. The first-order valence-electron chi connectivity index (χ1n) is 7.71. The molecule has 0 aromatic heterocycles. The van der Waals surface area contributed by atoms with Gasteiger partial charge in [-0.05, 0) is 44.9 Å². The van der Waals surface area contributed by atoms with Gasteiger partial charge in [0.2, 0.25) is 0 Å². The Kier molecular flexibility index (Phi) is 4.99. The van der Waals surface area contributed by atoms with Crippen LogP contribution in [0.4, 0.5) is 8.78 Å². The van der Waals surface area contributed by atoms with E-state index in [1.165, 1.54) is 12.1 Å². The minimum atomic E-state index is -0.483. The van der Waals surface area contributed by atoms with Crippen molar-refractivity contribution >= 4 is 0 Å². The molecule has 0 saturated carbocycles. The third-order valence-corrected chi connectivity index (χ3v) is 4.76. The van der Waals surface area contributed by atoms with Crippen molar-refractivity contribution in [2.24, 2.45) is 11.8 Å². The highest BCUT2D eigenvalue weighted by atomic mass is 19.1. The van der Waals surface area contributed by atoms with Crippen LogP contribution in [0, 0.1) is 30.4 Å². The van der Waals surface area contributed by atoms with E-state index in [9.17, 15) is 8.78 Å². The lowest BCUT2D eigenvalue weighted by atomic mass is 9.80. The summed E-state index contributed by atoms with van der Waals surface area (Å²) in [6.45, 7) is 10.4. The molecule has 1 aliphatic rings. The van der Waals surface area contributed by atoms with Crippen LogP contribution in [-0.2, 0) is 4.74 Å². The van der Waals surface area contributed by atoms with E-state index >= 15 is 0 Å². The summed E-state index contributed by atoms with van der Waals surface area (Å²) in [6.07, 6.45) is 0.0699. The average molecular weight is 297 g/mol. The highest BCUT2D eigenvalue weighted by Crippen LogP contribution is 2.42. The van der Waals surface area contributed by atoms with Gasteiger partial charge in [0, 0.05) is 17.5 Å². The van der Waals surface area contributed by atoms with Gasteiger partial charge in [-0.3, -0.25) is 0 Å². The Bertz CT molecular complexity index is 506. The Morgan fingerprint density at radius 3 is 2.38 bits per heavy atom. The number of ether oxygens (including phenoxy) is 1. The van der Waals surface area contributed by atoms with Crippen molar-refractivity contribution < 1.29 is 13.5 Å². The van der Waals surface area contributed by atoms with Crippen LogP contribution in [0.15, 0.2) is 12.1 Å². The lowest BCUT2D eigenvalue weighted by Crippen LogP contribution is -2.36. The molecule has 1 N–H and O–H groups in total. The van der Waals surface area contributed by atoms with Gasteiger partial charge >= 0.3 is 0 Å². The van der Waals surface area contributed by atoms with E-state index in [4.69, 9.17) is 4.74 Å². The Morgan fingerprint density at radius 1 is 1.19 bits per heavy atom. The minimum absolute atomic E-state index is 0.0293. The number of hydrogen-bond acceptors (Lipinski definition) is 2. The highest BCUT2D eigenvalue weighted by molar-refractivity contribution is 5.30. The Morgan fingerprint density at radius 2 is 1.86 bits per heavy atom. The van der Waals surface area contributed by atoms with Crippen LogP contribution in [0.1, 0.15) is 44.9 Å². The van der Waals surface area contributed by atoms with Crippen molar-refractivity contribution in [3.8, 4) is 0 Å². The number of rotatable bonds is 4. The van der Waals surface area contributed by atoms with Crippen molar-refractivity contribution in [1.29, 1.82) is 0 Å². The van der Waals surface area contributed by atoms with E-state index in [1.54, 1.807) is 6.92 Å². The summed E-state index contributed by atoms with van der Waals surface area (Å²) < 4.78 is 34.7. The van der Waals surface area contributed by atoms with E-state index < -0.39 is 11.6 Å². The van der Waals surface area contributed by atoms with Gasteiger partial charge in [-0.25, -0.2) is 8.78 Å². The molecule has 0 bridgehead atoms. The summed E-state index contributed by atoms with van der Waals surface area (Å²) >= 11 is 0. The molecule has 1 aliphatic heterocycles. The quantitative estimate of drug-likeness (QED) is 0.907. The van der Waals surface area contributed by atoms with Crippen molar-refractivity contribution in [2.45, 2.75) is 52.9 Å². The Hall–Kier alpha value is -1.00. The fourth-order valence-corrected chi connectivity index (χ4v) is 3.48. The van der Waals surface area contributed by atoms with Crippen molar-refractivity contribution in [1.82, 2.24) is 5.32 Å². The second-order valence-corrected chi connectivity index (χ2v) is 6.11. The molecule has 4 heteroatoms. The molecule has 1 fully saturated rings. The molecule has 5 atom stereocenters. The summed E-state index contributed by atoms with van der Waals surface area (Å²) in [7, 11) is 0. The zero-order chi connectivity index (χ0) is 15.7. The lowest BCUT2D eigenvalue weighted by molar-refractivity contribution is 0.0473. The first kappa shape index (κ1) is 16.4. The maximum atomic E-state index is 14.5. The van der Waals surface area contributed by atoms with E-state index in [-0.39, 0.29) is 35.6 Å². The molecule has 0 amide bonds. The molecule has 0 radical (unpaired) electrons. The fraction of sp³-hybridized carbons (Fsp3) is 0.647. The Balaban J connectivity index is 2.47. The van der Waals surface area contributed by atoms with Gasteiger partial charge in [-0.2, -0.15) is 0 Å². The van der Waals surface area contributed by atoms with Gasteiger partial charge in [0.15, 0.2) is 0 Å². The average Bonchev–Trinajstić information content (AvgIpc) is 2.67. The molecule has 1 saturated heterocycles. The van der Waals surface area contributed by atoms with Crippen LogP contribution in [0.5, 0.6) is 0 Å². The maximum absolute atomic E-state index is 14.5. The van der Waals surface area contributed by atoms with Crippen LogP contribution < -0.4 is 5.32 Å². The van der Waals surface area contributed by atoms with Crippen LogP contribution in [-0.4, -0.2) is 18.8 Å². The topological polar surface area (TPSA) is 21.3 Å². The standard InChI is InChI=1S/C17H25F2NO/c1-6-20-17(14-10(3)11(4)21-12(14)5)15-13(18)8-7-9(2)16(15)19/h7-8,10-12,14,17,20H,6H2,1-5H3. The minimum Gasteiger partial charge on any atom is -0.375 e. The van der Waals surface area contributed by atoms with E-state index in [2.05, 4.69) is 12.2 Å². The zero-order valence-corrected chi connectivity index (χ0v) is 13.4. The predicted octanol–water partition coefficient (Wildman–Crippen LogP) is 3.98. The molecule has 5 unspecified atom stereocenters. The second kappa shape index (κ2) is 6.41. The van der Waals surface area contributed by atoms with Crippen LogP contribution >= 0.6 is 0 Å². The molecule has 118 valence electrons. The number of nitrogens with one attached hydrogen (secondary N) is 1. The summed E-state index contributed by atoms with van der Waals surface area (Å²) in [5.41, 5.74) is 0.625. The highest BCUT2D eigenvalue weighted by Gasteiger charge is 2.43. The van der Waals surface area contributed by atoms with E-state index in [0.717, 1.165) is 0 Å². The SMILES string of the molecule is CCNC(c1c(F)ccc(C)c1F)C1C(C)OC(C)C1C. The van der Waals surface area contributed by atoms with Crippen LogP contribution in [0.3, 0.4) is 0 Å². The number of aryl methyl sites for hydroxylation is 1. The first-order valence-corrected chi connectivity index (χ1v) is 7.71. The summed E-state index contributed by atoms with van der Waals surface area (Å²) in [6, 6.07) is 2.47. The lowest BCUT2D eigenvalue weighted by Gasteiger charge is -2.31. The third kappa shape index (κ3) is 2.97. The third-order valence-electron chi connectivity index (χ3n) is 4.76. The molecule has 21 heavy (non-hydrogen) atoms. The van der Waals surface area contributed by atoms with E-state index in [1.807, 2.05) is 20.8 Å². The number of hydrogen-bond donors (Lipinski definition) is 1. The van der Waals surface area contributed by atoms with Gasteiger partial charge in [0.25, 0.3) is 0 Å². The molecule has 2 rings (SSSR count). The molecule has 1 aromatic rings. The number of halogens is 2. The zero-order valence-electron chi connectivity index (χ0n) is 13.4. The van der Waals surface area contributed by atoms with Gasteiger partial charge < -0.3 is 10.1 Å². The van der Waals surface area contributed by atoms with Crippen molar-refractivity contribution in [3.05, 3.63) is 34.9 Å². The summed E-state index contributed by atoms with van der Waals surface area (Å²) in [5.74, 6) is -0.642. The normalized spacial score (nSPS) is 30.6. The maximum Gasteiger partial charge on any atom is 0.133 e. The van der Waals surface area contributed by atoms with Crippen molar-refractivity contribution in [2.75, 3.05) is 6.54 Å². The molecule has 2 nitrogen and oxygen atoms in total. The van der Waals surface area contributed by atoms with Crippen LogP contribution in [0.2, 0.25) is 0 Å². The van der Waals surface area contributed by atoms with Gasteiger partial charge in [0.05, 0.1) is 12.2 Å². The van der Waals surface area contributed by atoms with Crippen LogP contribution in [0.25, 0.3) is 0 Å². The summed E-state index contributed by atoms with van der Waals surface area (Å²) in [5, 5.41) is 3.27. The molecule has 1 heterocycles. The fourth-order valence-electron chi connectivity index (χ4n) is 3.48. The molecular weight excluding hydrogens is 272 g/mol. The largest absolute Gasteiger partial charge is 0.375 e. The second-order valence-electron chi connectivity index (χ2n) is 6.11. The van der Waals surface area contributed by atoms with Gasteiger partial charge in [0.1, 0.15) is 11.6 Å². The van der Waals surface area contributed by atoms with E-state index in [0.29, 0.717) is 12.1 Å². The Labute approximate surface area is 125 Å². The molecule has 0 aliphatic carbocycles. The molecular formula is C17H25F2NO. The molecule has 1 aromatic carbocycles. The predicted molar refractivity (Wildman–Crippen MR) is 80.2 cm³/mol.